The highest BCUT2D eigenvalue weighted by Crippen LogP contribution is 2.29. The molecule has 0 spiro atoms. The van der Waals surface area contributed by atoms with Gasteiger partial charge in [0.2, 0.25) is 5.91 Å². The van der Waals surface area contributed by atoms with Crippen LogP contribution in [0.2, 0.25) is 0 Å². The lowest BCUT2D eigenvalue weighted by Crippen LogP contribution is -2.43. The zero-order valence-electron chi connectivity index (χ0n) is 12.8. The molecule has 0 aromatic heterocycles. The minimum atomic E-state index is 0.149. The topological polar surface area (TPSA) is 61.8 Å². The van der Waals surface area contributed by atoms with Gasteiger partial charge in [0.25, 0.3) is 0 Å². The van der Waals surface area contributed by atoms with Crippen LogP contribution < -0.4 is 10.1 Å². The number of para-hydroxylation sites is 1. The molecule has 1 aliphatic rings. The van der Waals surface area contributed by atoms with Gasteiger partial charge in [-0.25, -0.2) is 0 Å². The van der Waals surface area contributed by atoms with Gasteiger partial charge in [0.15, 0.2) is 11.5 Å². The number of amides is 1. The van der Waals surface area contributed by atoms with Gasteiger partial charge in [-0.3, -0.25) is 4.79 Å². The van der Waals surface area contributed by atoms with Gasteiger partial charge in [-0.15, -0.1) is 0 Å². The molecular formula is C16H24N2O3. The lowest BCUT2D eigenvalue weighted by Gasteiger charge is -2.31. The monoisotopic (exact) mass is 292 g/mol. The maximum atomic E-state index is 11.3. The number of likely N-dealkylation sites (tertiary alicyclic amines) is 1. The number of benzene rings is 1. The van der Waals surface area contributed by atoms with Gasteiger partial charge in [-0.1, -0.05) is 12.1 Å². The van der Waals surface area contributed by atoms with Crippen LogP contribution in [0.3, 0.4) is 0 Å². The second kappa shape index (κ2) is 7.31. The molecule has 1 heterocycles. The van der Waals surface area contributed by atoms with Gasteiger partial charge in [0, 0.05) is 38.2 Å². The van der Waals surface area contributed by atoms with E-state index >= 15 is 0 Å². The normalized spacial score (nSPS) is 16.0. The van der Waals surface area contributed by atoms with Crippen LogP contribution >= 0.6 is 0 Å². The van der Waals surface area contributed by atoms with Crippen molar-refractivity contribution in [1.29, 1.82) is 0 Å². The summed E-state index contributed by atoms with van der Waals surface area (Å²) in [6, 6.07) is 5.94. The number of nitrogens with one attached hydrogen (secondary N) is 1. The number of carbonyl (C=O) groups is 1. The van der Waals surface area contributed by atoms with Gasteiger partial charge in [0.05, 0.1) is 6.61 Å². The number of ether oxygens (including phenoxy) is 1. The molecule has 5 heteroatoms. The van der Waals surface area contributed by atoms with E-state index in [2.05, 4.69) is 5.32 Å². The van der Waals surface area contributed by atoms with E-state index < -0.39 is 0 Å². The molecule has 0 saturated carbocycles. The summed E-state index contributed by atoms with van der Waals surface area (Å²) < 4.78 is 5.39. The summed E-state index contributed by atoms with van der Waals surface area (Å²) in [5.74, 6) is 0.895. The largest absolute Gasteiger partial charge is 0.504 e. The summed E-state index contributed by atoms with van der Waals surface area (Å²) in [5, 5.41) is 13.6. The van der Waals surface area contributed by atoms with Crippen molar-refractivity contribution >= 4 is 5.91 Å². The molecule has 1 fully saturated rings. The van der Waals surface area contributed by atoms with Crippen molar-refractivity contribution < 1.29 is 14.6 Å². The number of rotatable bonds is 5. The number of carbonyl (C=O) groups excluding carboxylic acids is 1. The standard InChI is InChI=1S/C16H24N2O3/c1-3-21-15-6-4-5-13(16(15)20)11-17-14-7-9-18(10-8-14)12(2)19/h4-6,14,17,20H,3,7-11H2,1-2H3. The lowest BCUT2D eigenvalue weighted by molar-refractivity contribution is -0.129. The van der Waals surface area contributed by atoms with Crippen molar-refractivity contribution in [3.8, 4) is 11.5 Å². The molecule has 5 nitrogen and oxygen atoms in total. The third-order valence-corrected chi connectivity index (χ3v) is 3.90. The molecule has 1 saturated heterocycles. The Balaban J connectivity index is 1.86. The molecule has 0 radical (unpaired) electrons. The van der Waals surface area contributed by atoms with Crippen molar-refractivity contribution in [2.45, 2.75) is 39.3 Å². The summed E-state index contributed by atoms with van der Waals surface area (Å²) in [4.78, 5) is 13.2. The number of nitrogens with zero attached hydrogens (tertiary/aromatic N) is 1. The van der Waals surface area contributed by atoms with E-state index in [0.717, 1.165) is 31.5 Å². The van der Waals surface area contributed by atoms with Crippen LogP contribution in [0.15, 0.2) is 18.2 Å². The average molecular weight is 292 g/mol. The molecule has 0 unspecified atom stereocenters. The van der Waals surface area contributed by atoms with Crippen LogP contribution in [-0.4, -0.2) is 41.7 Å². The third-order valence-electron chi connectivity index (χ3n) is 3.90. The second-order valence-electron chi connectivity index (χ2n) is 5.36. The van der Waals surface area contributed by atoms with Crippen molar-refractivity contribution in [3.63, 3.8) is 0 Å². The van der Waals surface area contributed by atoms with Crippen LogP contribution in [0, 0.1) is 0 Å². The first kappa shape index (κ1) is 15.6. The second-order valence-corrected chi connectivity index (χ2v) is 5.36. The van der Waals surface area contributed by atoms with Gasteiger partial charge in [-0.2, -0.15) is 0 Å². The molecule has 116 valence electrons. The van der Waals surface area contributed by atoms with Crippen LogP contribution in [0.5, 0.6) is 11.5 Å². The van der Waals surface area contributed by atoms with Crippen LogP contribution in [0.25, 0.3) is 0 Å². The molecule has 1 aromatic carbocycles. The maximum Gasteiger partial charge on any atom is 0.219 e. The fourth-order valence-corrected chi connectivity index (χ4v) is 2.64. The van der Waals surface area contributed by atoms with Crippen LogP contribution in [-0.2, 0) is 11.3 Å². The predicted octanol–water partition coefficient (Wildman–Crippen LogP) is 1.89. The van der Waals surface area contributed by atoms with E-state index in [1.807, 2.05) is 24.0 Å². The van der Waals surface area contributed by atoms with E-state index in [9.17, 15) is 9.90 Å². The lowest BCUT2D eigenvalue weighted by atomic mass is 10.0. The molecule has 1 aromatic rings. The van der Waals surface area contributed by atoms with Crippen LogP contribution in [0.1, 0.15) is 32.3 Å². The van der Waals surface area contributed by atoms with E-state index in [-0.39, 0.29) is 11.7 Å². The van der Waals surface area contributed by atoms with Gasteiger partial charge in [-0.05, 0) is 25.8 Å². The minimum Gasteiger partial charge on any atom is -0.504 e. The highest BCUT2D eigenvalue weighted by molar-refractivity contribution is 5.73. The molecule has 2 N–H and O–H groups in total. The number of piperidine rings is 1. The number of hydrogen-bond donors (Lipinski definition) is 2. The van der Waals surface area contributed by atoms with E-state index in [4.69, 9.17) is 4.74 Å². The Morgan fingerprint density at radius 3 is 2.76 bits per heavy atom. The summed E-state index contributed by atoms with van der Waals surface area (Å²) in [7, 11) is 0. The van der Waals surface area contributed by atoms with Gasteiger partial charge in [0.1, 0.15) is 0 Å². The number of aromatic hydroxyl groups is 1. The van der Waals surface area contributed by atoms with Crippen molar-refractivity contribution in [1.82, 2.24) is 10.2 Å². The SMILES string of the molecule is CCOc1cccc(CNC2CCN(C(C)=O)CC2)c1O. The molecule has 1 aliphatic heterocycles. The Morgan fingerprint density at radius 2 is 2.14 bits per heavy atom. The highest BCUT2D eigenvalue weighted by Gasteiger charge is 2.20. The van der Waals surface area contributed by atoms with Crippen molar-refractivity contribution in [3.05, 3.63) is 23.8 Å². The summed E-state index contributed by atoms with van der Waals surface area (Å²) >= 11 is 0. The molecule has 0 bridgehead atoms. The number of phenolic OH excluding ortho intramolecular Hbond substituents is 1. The smallest absolute Gasteiger partial charge is 0.219 e. The first-order chi connectivity index (χ1) is 10.1. The first-order valence-corrected chi connectivity index (χ1v) is 7.54. The summed E-state index contributed by atoms with van der Waals surface area (Å²) in [5.41, 5.74) is 0.843. The molecular weight excluding hydrogens is 268 g/mol. The molecule has 21 heavy (non-hydrogen) atoms. The Labute approximate surface area is 125 Å². The van der Waals surface area contributed by atoms with E-state index in [1.54, 1.807) is 13.0 Å². The molecule has 0 aliphatic carbocycles. The molecule has 2 rings (SSSR count). The zero-order chi connectivity index (χ0) is 15.2. The summed E-state index contributed by atoms with van der Waals surface area (Å²) in [6.45, 7) is 6.26. The average Bonchev–Trinajstić information content (AvgIpc) is 2.49. The maximum absolute atomic E-state index is 11.3. The van der Waals surface area contributed by atoms with Crippen molar-refractivity contribution in [2.75, 3.05) is 19.7 Å². The third kappa shape index (κ3) is 4.11. The Bertz CT molecular complexity index is 482. The predicted molar refractivity (Wildman–Crippen MR) is 81.4 cm³/mol. The van der Waals surface area contributed by atoms with Gasteiger partial charge < -0.3 is 20.1 Å². The quantitative estimate of drug-likeness (QED) is 0.870. The highest BCUT2D eigenvalue weighted by atomic mass is 16.5. The Hall–Kier alpha value is -1.75. The first-order valence-electron chi connectivity index (χ1n) is 7.54. The Morgan fingerprint density at radius 1 is 1.43 bits per heavy atom. The zero-order valence-corrected chi connectivity index (χ0v) is 12.8. The summed E-state index contributed by atoms with van der Waals surface area (Å²) in [6.07, 6.45) is 1.90. The van der Waals surface area contributed by atoms with Crippen LogP contribution in [0.4, 0.5) is 0 Å². The number of phenols is 1. The fraction of sp³-hybridized carbons (Fsp3) is 0.562. The molecule has 1 amide bonds. The number of hydrogen-bond acceptors (Lipinski definition) is 4. The minimum absolute atomic E-state index is 0.149. The van der Waals surface area contributed by atoms with E-state index in [0.29, 0.717) is 24.9 Å². The Kier molecular flexibility index (Phi) is 5.44. The fourth-order valence-electron chi connectivity index (χ4n) is 2.64. The van der Waals surface area contributed by atoms with Gasteiger partial charge >= 0.3 is 0 Å². The van der Waals surface area contributed by atoms with E-state index in [1.165, 1.54) is 0 Å². The molecule has 0 atom stereocenters. The van der Waals surface area contributed by atoms with Crippen molar-refractivity contribution in [2.24, 2.45) is 0 Å².